The maximum absolute atomic E-state index is 11.9. The van der Waals surface area contributed by atoms with E-state index in [0.29, 0.717) is 24.8 Å². The van der Waals surface area contributed by atoms with Crippen LogP contribution in [-0.4, -0.2) is 17.7 Å². The van der Waals surface area contributed by atoms with E-state index in [2.05, 4.69) is 12.2 Å². The van der Waals surface area contributed by atoms with Crippen molar-refractivity contribution >= 4 is 23.0 Å². The molecule has 0 spiro atoms. The maximum Gasteiger partial charge on any atom is 0.220 e. The number of ketones is 1. The van der Waals surface area contributed by atoms with Crippen LogP contribution >= 0.6 is 11.3 Å². The van der Waals surface area contributed by atoms with Gasteiger partial charge in [-0.3, -0.25) is 9.59 Å². The highest BCUT2D eigenvalue weighted by molar-refractivity contribution is 7.12. The van der Waals surface area contributed by atoms with Crippen molar-refractivity contribution in [1.82, 2.24) is 5.32 Å². The Morgan fingerprint density at radius 2 is 2.11 bits per heavy atom. The van der Waals surface area contributed by atoms with Crippen molar-refractivity contribution in [3.8, 4) is 0 Å². The molecule has 2 rings (SSSR count). The number of amides is 1. The summed E-state index contributed by atoms with van der Waals surface area (Å²) in [5.41, 5.74) is 0. The number of Topliss-reactive ketones (excluding diaryl/α,β-unsaturated/α-hetero) is 1. The summed E-state index contributed by atoms with van der Waals surface area (Å²) < 4.78 is 0. The van der Waals surface area contributed by atoms with Crippen molar-refractivity contribution < 1.29 is 9.59 Å². The van der Waals surface area contributed by atoms with Crippen LogP contribution in [0.15, 0.2) is 17.5 Å². The minimum Gasteiger partial charge on any atom is -0.353 e. The van der Waals surface area contributed by atoms with E-state index in [0.717, 1.165) is 11.3 Å². The SMILES string of the molecule is C[C@H]1CCCC[C@H]1NC(=O)CCC(=O)c1cccs1. The second kappa shape index (κ2) is 6.85. The van der Waals surface area contributed by atoms with E-state index >= 15 is 0 Å². The summed E-state index contributed by atoms with van der Waals surface area (Å²) >= 11 is 1.44. The lowest BCUT2D eigenvalue weighted by Crippen LogP contribution is -2.41. The van der Waals surface area contributed by atoms with Crippen molar-refractivity contribution in [1.29, 1.82) is 0 Å². The number of nitrogens with one attached hydrogen (secondary N) is 1. The zero-order valence-electron chi connectivity index (χ0n) is 11.4. The van der Waals surface area contributed by atoms with E-state index in [1.165, 1.54) is 30.6 Å². The second-order valence-electron chi connectivity index (χ2n) is 5.34. The number of carbonyl (C=O) groups is 2. The van der Waals surface area contributed by atoms with Gasteiger partial charge in [-0.2, -0.15) is 0 Å². The molecule has 104 valence electrons. The van der Waals surface area contributed by atoms with Crippen LogP contribution in [0, 0.1) is 5.92 Å². The van der Waals surface area contributed by atoms with Crippen LogP contribution in [-0.2, 0) is 4.79 Å². The number of hydrogen-bond donors (Lipinski definition) is 1. The molecule has 4 heteroatoms. The molecular weight excluding hydrogens is 258 g/mol. The van der Waals surface area contributed by atoms with E-state index in [1.54, 1.807) is 0 Å². The summed E-state index contributed by atoms with van der Waals surface area (Å²) in [7, 11) is 0. The van der Waals surface area contributed by atoms with E-state index in [4.69, 9.17) is 0 Å². The van der Waals surface area contributed by atoms with Gasteiger partial charge < -0.3 is 5.32 Å². The van der Waals surface area contributed by atoms with E-state index < -0.39 is 0 Å². The van der Waals surface area contributed by atoms with Crippen LogP contribution in [0.25, 0.3) is 0 Å². The molecule has 0 saturated heterocycles. The van der Waals surface area contributed by atoms with Gasteiger partial charge in [0.15, 0.2) is 5.78 Å². The third-order valence-electron chi connectivity index (χ3n) is 3.83. The predicted molar refractivity (Wildman–Crippen MR) is 77.4 cm³/mol. The van der Waals surface area contributed by atoms with Gasteiger partial charge in [-0.25, -0.2) is 0 Å². The first-order valence-electron chi connectivity index (χ1n) is 7.03. The van der Waals surface area contributed by atoms with Crippen molar-refractivity contribution in [2.75, 3.05) is 0 Å². The molecule has 1 fully saturated rings. The molecule has 0 bridgehead atoms. The lowest BCUT2D eigenvalue weighted by Gasteiger charge is -2.29. The van der Waals surface area contributed by atoms with Gasteiger partial charge in [-0.05, 0) is 30.2 Å². The molecule has 1 N–H and O–H groups in total. The Hall–Kier alpha value is -1.16. The van der Waals surface area contributed by atoms with E-state index in [9.17, 15) is 9.59 Å². The van der Waals surface area contributed by atoms with Crippen molar-refractivity contribution in [3.63, 3.8) is 0 Å². The van der Waals surface area contributed by atoms with Crippen molar-refractivity contribution in [2.45, 2.75) is 51.5 Å². The Bertz CT molecular complexity index is 427. The van der Waals surface area contributed by atoms with Gasteiger partial charge in [-0.1, -0.05) is 25.8 Å². The quantitative estimate of drug-likeness (QED) is 0.840. The third kappa shape index (κ3) is 4.16. The fourth-order valence-corrected chi connectivity index (χ4v) is 3.29. The zero-order valence-corrected chi connectivity index (χ0v) is 12.2. The van der Waals surface area contributed by atoms with Gasteiger partial charge in [0, 0.05) is 18.9 Å². The Kier molecular flexibility index (Phi) is 5.14. The Labute approximate surface area is 118 Å². The first kappa shape index (κ1) is 14.3. The fourth-order valence-electron chi connectivity index (χ4n) is 2.60. The normalized spacial score (nSPS) is 23.0. The molecule has 1 aromatic heterocycles. The topological polar surface area (TPSA) is 46.2 Å². The van der Waals surface area contributed by atoms with Crippen molar-refractivity contribution in [3.05, 3.63) is 22.4 Å². The molecule has 3 nitrogen and oxygen atoms in total. The van der Waals surface area contributed by atoms with Gasteiger partial charge >= 0.3 is 0 Å². The number of thiophene rings is 1. The summed E-state index contributed by atoms with van der Waals surface area (Å²) in [4.78, 5) is 24.4. The summed E-state index contributed by atoms with van der Waals surface area (Å²) in [6, 6.07) is 3.98. The van der Waals surface area contributed by atoms with E-state index in [-0.39, 0.29) is 11.7 Å². The minimum absolute atomic E-state index is 0.0173. The van der Waals surface area contributed by atoms with Gasteiger partial charge in [0.25, 0.3) is 0 Å². The molecule has 0 radical (unpaired) electrons. The van der Waals surface area contributed by atoms with Crippen LogP contribution < -0.4 is 5.32 Å². The first-order valence-corrected chi connectivity index (χ1v) is 7.91. The highest BCUT2D eigenvalue weighted by Crippen LogP contribution is 2.23. The minimum atomic E-state index is 0.0173. The third-order valence-corrected chi connectivity index (χ3v) is 4.74. The summed E-state index contributed by atoms with van der Waals surface area (Å²) in [5, 5.41) is 4.97. The van der Waals surface area contributed by atoms with Crippen LogP contribution in [0.3, 0.4) is 0 Å². The molecule has 0 aliphatic heterocycles. The molecule has 1 aliphatic rings. The Balaban J connectivity index is 1.74. The van der Waals surface area contributed by atoms with Gasteiger partial charge in [0.05, 0.1) is 4.88 Å². The molecule has 1 aliphatic carbocycles. The van der Waals surface area contributed by atoms with Crippen molar-refractivity contribution in [2.24, 2.45) is 5.92 Å². The molecule has 1 heterocycles. The summed E-state index contributed by atoms with van der Waals surface area (Å²) in [6.07, 6.45) is 5.35. The Morgan fingerprint density at radius 1 is 1.32 bits per heavy atom. The van der Waals surface area contributed by atoms with Crippen LogP contribution in [0.4, 0.5) is 0 Å². The molecular formula is C15H21NO2S. The molecule has 0 unspecified atom stereocenters. The monoisotopic (exact) mass is 279 g/mol. The maximum atomic E-state index is 11.9. The lowest BCUT2D eigenvalue weighted by molar-refractivity contribution is -0.122. The zero-order chi connectivity index (χ0) is 13.7. The molecule has 1 amide bonds. The predicted octanol–water partition coefficient (Wildman–Crippen LogP) is 3.41. The van der Waals surface area contributed by atoms with Gasteiger partial charge in [0.2, 0.25) is 5.91 Å². The largest absolute Gasteiger partial charge is 0.353 e. The Morgan fingerprint density at radius 3 is 2.79 bits per heavy atom. The van der Waals surface area contributed by atoms with Gasteiger partial charge in [0.1, 0.15) is 0 Å². The lowest BCUT2D eigenvalue weighted by atomic mass is 9.86. The summed E-state index contributed by atoms with van der Waals surface area (Å²) in [5.74, 6) is 0.649. The molecule has 0 aromatic carbocycles. The van der Waals surface area contributed by atoms with Crippen LogP contribution in [0.5, 0.6) is 0 Å². The first-order chi connectivity index (χ1) is 9.16. The van der Waals surface area contributed by atoms with E-state index in [1.807, 2.05) is 17.5 Å². The second-order valence-corrected chi connectivity index (χ2v) is 6.28. The van der Waals surface area contributed by atoms with Gasteiger partial charge in [-0.15, -0.1) is 11.3 Å². The molecule has 1 saturated carbocycles. The summed E-state index contributed by atoms with van der Waals surface area (Å²) in [6.45, 7) is 2.20. The highest BCUT2D eigenvalue weighted by atomic mass is 32.1. The smallest absolute Gasteiger partial charge is 0.220 e. The average Bonchev–Trinajstić information content (AvgIpc) is 2.93. The highest BCUT2D eigenvalue weighted by Gasteiger charge is 2.22. The number of hydrogen-bond acceptors (Lipinski definition) is 3. The molecule has 19 heavy (non-hydrogen) atoms. The molecule has 2 atom stereocenters. The fraction of sp³-hybridized carbons (Fsp3) is 0.600. The standard InChI is InChI=1S/C15H21NO2S/c1-11-5-2-3-6-12(11)16-15(18)9-8-13(17)14-7-4-10-19-14/h4,7,10-12H,2-3,5-6,8-9H2,1H3,(H,16,18)/t11-,12+/m0/s1. The number of rotatable bonds is 5. The van der Waals surface area contributed by atoms with Crippen LogP contribution in [0.1, 0.15) is 55.1 Å². The number of carbonyl (C=O) groups excluding carboxylic acids is 2. The van der Waals surface area contributed by atoms with Crippen LogP contribution in [0.2, 0.25) is 0 Å². The average molecular weight is 279 g/mol. The molecule has 1 aromatic rings.